The molecule has 0 amide bonds. The van der Waals surface area contributed by atoms with Crippen molar-refractivity contribution in [2.75, 3.05) is 18.5 Å². The Hall–Kier alpha value is -2.08. The highest BCUT2D eigenvalue weighted by atomic mass is 16.5. The van der Waals surface area contributed by atoms with E-state index < -0.39 is 11.1 Å². The SMILES string of the molecule is CCOCC(C)Nc1ccc2[nH]c(=O)c(=O)[nH]c2c1. The number of anilines is 1. The lowest BCUT2D eigenvalue weighted by atomic mass is 10.2. The number of rotatable bonds is 5. The van der Waals surface area contributed by atoms with Crippen molar-refractivity contribution >= 4 is 16.7 Å². The summed E-state index contributed by atoms with van der Waals surface area (Å²) in [5.41, 5.74) is 0.776. The Morgan fingerprint density at radius 1 is 1.21 bits per heavy atom. The third-order valence-corrected chi connectivity index (χ3v) is 2.71. The zero-order valence-electron chi connectivity index (χ0n) is 10.9. The van der Waals surface area contributed by atoms with Gasteiger partial charge in [-0.15, -0.1) is 0 Å². The molecule has 1 heterocycles. The molecule has 19 heavy (non-hydrogen) atoms. The molecule has 6 nitrogen and oxygen atoms in total. The summed E-state index contributed by atoms with van der Waals surface area (Å²) >= 11 is 0. The van der Waals surface area contributed by atoms with Gasteiger partial charge in [-0.1, -0.05) is 0 Å². The smallest absolute Gasteiger partial charge is 0.314 e. The summed E-state index contributed by atoms with van der Waals surface area (Å²) in [6, 6.07) is 5.54. The minimum Gasteiger partial charge on any atom is -0.380 e. The molecule has 0 aliphatic heterocycles. The Bertz CT molecular complexity index is 675. The number of hydrogen-bond acceptors (Lipinski definition) is 4. The minimum atomic E-state index is -0.646. The topological polar surface area (TPSA) is 87.0 Å². The number of aromatic amines is 2. The van der Waals surface area contributed by atoms with Gasteiger partial charge in [0.05, 0.1) is 17.6 Å². The van der Waals surface area contributed by atoms with Crippen molar-refractivity contribution in [3.05, 3.63) is 38.9 Å². The van der Waals surface area contributed by atoms with Crippen molar-refractivity contribution in [2.45, 2.75) is 19.9 Å². The average Bonchev–Trinajstić information content (AvgIpc) is 2.38. The van der Waals surface area contributed by atoms with Crippen LogP contribution in [0.3, 0.4) is 0 Å². The molecule has 0 radical (unpaired) electrons. The molecule has 0 spiro atoms. The average molecular weight is 263 g/mol. The summed E-state index contributed by atoms with van der Waals surface area (Å²) in [4.78, 5) is 27.5. The molecule has 2 aromatic rings. The normalized spacial score (nSPS) is 12.5. The molecule has 0 fully saturated rings. The second kappa shape index (κ2) is 5.71. The maximum atomic E-state index is 11.3. The Kier molecular flexibility index (Phi) is 4.01. The highest BCUT2D eigenvalue weighted by molar-refractivity contribution is 5.78. The Morgan fingerprint density at radius 2 is 1.89 bits per heavy atom. The monoisotopic (exact) mass is 263 g/mol. The summed E-state index contributed by atoms with van der Waals surface area (Å²) in [5, 5.41) is 3.26. The largest absolute Gasteiger partial charge is 0.380 e. The van der Waals surface area contributed by atoms with Crippen molar-refractivity contribution in [1.29, 1.82) is 0 Å². The van der Waals surface area contributed by atoms with Crippen molar-refractivity contribution in [2.24, 2.45) is 0 Å². The van der Waals surface area contributed by atoms with E-state index in [0.717, 1.165) is 5.69 Å². The number of nitrogens with one attached hydrogen (secondary N) is 3. The zero-order valence-corrected chi connectivity index (χ0v) is 10.9. The molecular formula is C13H17N3O3. The van der Waals surface area contributed by atoms with Crippen molar-refractivity contribution in [1.82, 2.24) is 9.97 Å². The van der Waals surface area contributed by atoms with Gasteiger partial charge in [0.2, 0.25) is 0 Å². The van der Waals surface area contributed by atoms with E-state index in [1.54, 1.807) is 12.1 Å². The molecule has 0 aliphatic rings. The molecule has 2 rings (SSSR count). The highest BCUT2D eigenvalue weighted by Crippen LogP contribution is 2.14. The molecular weight excluding hydrogens is 246 g/mol. The molecule has 0 saturated heterocycles. The van der Waals surface area contributed by atoms with Gasteiger partial charge >= 0.3 is 11.1 Å². The molecule has 1 unspecified atom stereocenters. The predicted octanol–water partition coefficient (Wildman–Crippen LogP) is 1.05. The van der Waals surface area contributed by atoms with E-state index in [-0.39, 0.29) is 6.04 Å². The second-order valence-corrected chi connectivity index (χ2v) is 4.37. The first kappa shape index (κ1) is 13.4. The summed E-state index contributed by atoms with van der Waals surface area (Å²) < 4.78 is 5.32. The number of benzene rings is 1. The fourth-order valence-corrected chi connectivity index (χ4v) is 1.83. The molecule has 0 aliphatic carbocycles. The van der Waals surface area contributed by atoms with E-state index in [2.05, 4.69) is 15.3 Å². The van der Waals surface area contributed by atoms with Crippen LogP contribution in [0.2, 0.25) is 0 Å². The molecule has 0 bridgehead atoms. The Labute approximate surface area is 109 Å². The quantitative estimate of drug-likeness (QED) is 0.704. The highest BCUT2D eigenvalue weighted by Gasteiger charge is 2.04. The van der Waals surface area contributed by atoms with Crippen LogP contribution in [0.25, 0.3) is 11.0 Å². The van der Waals surface area contributed by atoms with Gasteiger partial charge < -0.3 is 20.0 Å². The van der Waals surface area contributed by atoms with Gasteiger partial charge in [-0.05, 0) is 32.0 Å². The maximum absolute atomic E-state index is 11.3. The fraction of sp³-hybridized carbons (Fsp3) is 0.385. The third kappa shape index (κ3) is 3.23. The van der Waals surface area contributed by atoms with Gasteiger partial charge in [0, 0.05) is 18.3 Å². The summed E-state index contributed by atoms with van der Waals surface area (Å²) in [6.07, 6.45) is 0. The molecule has 102 valence electrons. The van der Waals surface area contributed by atoms with E-state index in [4.69, 9.17) is 4.74 Å². The number of aromatic nitrogens is 2. The van der Waals surface area contributed by atoms with Crippen LogP contribution in [0.5, 0.6) is 0 Å². The first-order valence-corrected chi connectivity index (χ1v) is 6.21. The standard InChI is InChI=1S/C13H17N3O3/c1-3-19-7-8(2)14-9-4-5-10-11(6-9)16-13(18)12(17)15-10/h4-6,8,14H,3,7H2,1-2H3,(H,15,17)(H,16,18). The van der Waals surface area contributed by atoms with E-state index in [1.165, 1.54) is 0 Å². The van der Waals surface area contributed by atoms with Gasteiger partial charge in [-0.25, -0.2) is 0 Å². The van der Waals surface area contributed by atoms with Crippen LogP contribution in [-0.4, -0.2) is 29.2 Å². The van der Waals surface area contributed by atoms with Crippen LogP contribution >= 0.6 is 0 Å². The van der Waals surface area contributed by atoms with Crippen LogP contribution in [0, 0.1) is 0 Å². The number of hydrogen-bond donors (Lipinski definition) is 3. The Morgan fingerprint density at radius 3 is 2.58 bits per heavy atom. The molecule has 1 atom stereocenters. The summed E-state index contributed by atoms with van der Waals surface area (Å²) in [6.45, 7) is 5.24. The van der Waals surface area contributed by atoms with E-state index in [1.807, 2.05) is 19.9 Å². The van der Waals surface area contributed by atoms with Crippen LogP contribution in [-0.2, 0) is 4.74 Å². The lowest BCUT2D eigenvalue weighted by molar-refractivity contribution is 0.141. The number of ether oxygens (including phenoxy) is 1. The van der Waals surface area contributed by atoms with Gasteiger partial charge in [0.1, 0.15) is 0 Å². The predicted molar refractivity (Wildman–Crippen MR) is 74.8 cm³/mol. The van der Waals surface area contributed by atoms with Crippen LogP contribution < -0.4 is 16.4 Å². The van der Waals surface area contributed by atoms with Crippen LogP contribution in [0.4, 0.5) is 5.69 Å². The molecule has 0 saturated carbocycles. The minimum absolute atomic E-state index is 0.159. The maximum Gasteiger partial charge on any atom is 0.314 e. The number of H-pyrrole nitrogens is 2. The van der Waals surface area contributed by atoms with E-state index in [0.29, 0.717) is 24.2 Å². The van der Waals surface area contributed by atoms with Crippen molar-refractivity contribution in [3.8, 4) is 0 Å². The summed E-state index contributed by atoms with van der Waals surface area (Å²) in [5.74, 6) is 0. The molecule has 1 aromatic heterocycles. The first-order chi connectivity index (χ1) is 9.10. The first-order valence-electron chi connectivity index (χ1n) is 6.21. The van der Waals surface area contributed by atoms with Gasteiger partial charge in [-0.2, -0.15) is 0 Å². The lowest BCUT2D eigenvalue weighted by Crippen LogP contribution is -2.29. The summed E-state index contributed by atoms with van der Waals surface area (Å²) in [7, 11) is 0. The molecule has 6 heteroatoms. The van der Waals surface area contributed by atoms with Gasteiger partial charge in [-0.3, -0.25) is 9.59 Å². The zero-order chi connectivity index (χ0) is 13.8. The second-order valence-electron chi connectivity index (χ2n) is 4.37. The van der Waals surface area contributed by atoms with Crippen molar-refractivity contribution < 1.29 is 4.74 Å². The van der Waals surface area contributed by atoms with Crippen molar-refractivity contribution in [3.63, 3.8) is 0 Å². The van der Waals surface area contributed by atoms with Gasteiger partial charge in [0.25, 0.3) is 0 Å². The third-order valence-electron chi connectivity index (χ3n) is 2.71. The lowest BCUT2D eigenvalue weighted by Gasteiger charge is -2.15. The number of fused-ring (bicyclic) bond motifs is 1. The molecule has 1 aromatic carbocycles. The van der Waals surface area contributed by atoms with E-state index in [9.17, 15) is 9.59 Å². The van der Waals surface area contributed by atoms with Crippen LogP contribution in [0.15, 0.2) is 27.8 Å². The van der Waals surface area contributed by atoms with Gasteiger partial charge in [0.15, 0.2) is 0 Å². The van der Waals surface area contributed by atoms with Crippen LogP contribution in [0.1, 0.15) is 13.8 Å². The molecule has 3 N–H and O–H groups in total. The fourth-order valence-electron chi connectivity index (χ4n) is 1.83. The Balaban J connectivity index is 2.24. The van der Waals surface area contributed by atoms with E-state index >= 15 is 0 Å².